The smallest absolute Gasteiger partial charge is 0.253 e. The number of piperidine rings is 2. The maximum atomic E-state index is 14.4. The van der Waals surface area contributed by atoms with Gasteiger partial charge in [-0.2, -0.15) is 0 Å². The lowest BCUT2D eigenvalue weighted by Crippen LogP contribution is -2.59. The molecular weight excluding hydrogens is 597 g/mol. The van der Waals surface area contributed by atoms with Gasteiger partial charge in [0.2, 0.25) is 11.8 Å². The minimum Gasteiger partial charge on any atom is -0.359 e. The van der Waals surface area contributed by atoms with Gasteiger partial charge in [0, 0.05) is 24.7 Å². The molecular formula is C35H37Cl2N3O4. The number of nitrogens with one attached hydrogen (secondary N) is 1. The Hall–Kier alpha value is -3.39. The number of likely N-dealkylation sites (tertiary alicyclic amines) is 1. The number of rotatable bonds is 7. The Balaban J connectivity index is 1.30. The average molecular weight is 635 g/mol. The first-order valence-corrected chi connectivity index (χ1v) is 16.1. The Kier molecular flexibility index (Phi) is 8.73. The van der Waals surface area contributed by atoms with Gasteiger partial charge in [-0.1, -0.05) is 77.3 Å². The second-order valence-corrected chi connectivity index (χ2v) is 13.1. The fourth-order valence-electron chi connectivity index (χ4n) is 7.13. The van der Waals surface area contributed by atoms with Gasteiger partial charge in [-0.3, -0.25) is 14.4 Å². The number of hydrogen-bond donors (Lipinski definition) is 1. The fraction of sp³-hybridized carbons (Fsp3) is 0.400. The normalized spacial score (nSPS) is 26.1. The molecule has 2 unspecified atom stereocenters. The largest absolute Gasteiger partial charge is 0.359 e. The van der Waals surface area contributed by atoms with E-state index in [0.29, 0.717) is 42.4 Å². The van der Waals surface area contributed by atoms with Gasteiger partial charge in [0.1, 0.15) is 12.2 Å². The highest BCUT2D eigenvalue weighted by Crippen LogP contribution is 2.44. The zero-order valence-corrected chi connectivity index (χ0v) is 26.4. The molecule has 0 aliphatic carbocycles. The van der Waals surface area contributed by atoms with Crippen molar-refractivity contribution in [3.63, 3.8) is 0 Å². The van der Waals surface area contributed by atoms with E-state index in [9.17, 15) is 14.4 Å². The van der Waals surface area contributed by atoms with Crippen molar-refractivity contribution in [2.75, 3.05) is 31.1 Å². The van der Waals surface area contributed by atoms with Crippen LogP contribution in [0.15, 0.2) is 72.8 Å². The third kappa shape index (κ3) is 5.85. The predicted molar refractivity (Wildman–Crippen MR) is 172 cm³/mol. The Morgan fingerprint density at radius 3 is 2.43 bits per heavy atom. The molecule has 0 saturated carbocycles. The number of anilines is 1. The third-order valence-electron chi connectivity index (χ3n) is 9.57. The van der Waals surface area contributed by atoms with Gasteiger partial charge in [-0.15, -0.1) is 0 Å². The monoisotopic (exact) mass is 633 g/mol. The Labute approximate surface area is 268 Å². The molecule has 3 atom stereocenters. The topological polar surface area (TPSA) is 79.0 Å². The van der Waals surface area contributed by atoms with E-state index in [2.05, 4.69) is 29.6 Å². The van der Waals surface area contributed by atoms with E-state index in [1.165, 1.54) is 0 Å². The molecule has 6 rings (SSSR count). The van der Waals surface area contributed by atoms with Crippen molar-refractivity contribution in [2.24, 2.45) is 5.92 Å². The van der Waals surface area contributed by atoms with E-state index in [1.807, 2.05) is 54.3 Å². The number of carbonyl (C=O) groups excluding carboxylic acids is 3. The zero-order chi connectivity index (χ0) is 30.9. The summed E-state index contributed by atoms with van der Waals surface area (Å²) in [5, 5.41) is 3.80. The van der Waals surface area contributed by atoms with Crippen LogP contribution in [0.2, 0.25) is 10.0 Å². The lowest BCUT2D eigenvalue weighted by molar-refractivity contribution is -0.153. The summed E-state index contributed by atoms with van der Waals surface area (Å²) in [4.78, 5) is 44.0. The minimum atomic E-state index is -0.889. The van der Waals surface area contributed by atoms with Crippen LogP contribution in [0.5, 0.6) is 0 Å². The first-order valence-electron chi connectivity index (χ1n) is 15.3. The molecule has 3 heterocycles. The number of morpholine rings is 1. The van der Waals surface area contributed by atoms with Crippen molar-refractivity contribution in [1.82, 2.24) is 10.2 Å². The Bertz CT molecular complexity index is 1550. The maximum absolute atomic E-state index is 14.4. The van der Waals surface area contributed by atoms with Gasteiger partial charge in [-0.25, -0.2) is 0 Å². The van der Waals surface area contributed by atoms with Crippen LogP contribution in [-0.4, -0.2) is 48.9 Å². The molecule has 3 aromatic rings. The number of nitrogens with zero attached hydrogens (tertiary/aromatic N) is 2. The van der Waals surface area contributed by atoms with Crippen LogP contribution < -0.4 is 10.2 Å². The highest BCUT2D eigenvalue weighted by molar-refractivity contribution is 6.42. The summed E-state index contributed by atoms with van der Waals surface area (Å²) in [5.41, 5.74) is 2.19. The van der Waals surface area contributed by atoms with E-state index >= 15 is 0 Å². The first kappa shape index (κ1) is 30.6. The van der Waals surface area contributed by atoms with Crippen LogP contribution in [0.1, 0.15) is 55.2 Å². The SMILES string of the molecule is Cc1ccc(C2(N3CCCC(CC[C@@]4(c5ccc(Cl)c(Cl)c5)CN(c5ccccc5)C(=O)CO4)C3=O)CCNC(=O)C2)cc1. The maximum Gasteiger partial charge on any atom is 0.253 e. The van der Waals surface area contributed by atoms with Gasteiger partial charge in [0.15, 0.2) is 0 Å². The molecule has 3 saturated heterocycles. The molecule has 0 spiro atoms. The summed E-state index contributed by atoms with van der Waals surface area (Å²) in [6.45, 7) is 3.37. The summed E-state index contributed by atoms with van der Waals surface area (Å²) in [5.74, 6) is -0.335. The summed E-state index contributed by atoms with van der Waals surface area (Å²) in [6.07, 6.45) is 3.58. The summed E-state index contributed by atoms with van der Waals surface area (Å²) in [7, 11) is 0. The molecule has 0 radical (unpaired) electrons. The van der Waals surface area contributed by atoms with Crippen molar-refractivity contribution in [1.29, 1.82) is 0 Å². The van der Waals surface area contributed by atoms with Crippen molar-refractivity contribution < 1.29 is 19.1 Å². The number of aryl methyl sites for hydroxylation is 1. The predicted octanol–water partition coefficient (Wildman–Crippen LogP) is 6.38. The van der Waals surface area contributed by atoms with Gasteiger partial charge in [0.05, 0.1) is 28.5 Å². The minimum absolute atomic E-state index is 0.0356. The number of ether oxygens (including phenoxy) is 1. The summed E-state index contributed by atoms with van der Waals surface area (Å²) in [6, 6.07) is 23.2. The number of halogens is 2. The van der Waals surface area contributed by atoms with Gasteiger partial charge < -0.3 is 19.9 Å². The first-order chi connectivity index (χ1) is 21.2. The van der Waals surface area contributed by atoms with Crippen LogP contribution in [0.3, 0.4) is 0 Å². The molecule has 230 valence electrons. The second-order valence-electron chi connectivity index (χ2n) is 12.3. The van der Waals surface area contributed by atoms with Crippen molar-refractivity contribution >= 4 is 46.6 Å². The third-order valence-corrected chi connectivity index (χ3v) is 10.3. The Morgan fingerprint density at radius 1 is 0.955 bits per heavy atom. The van der Waals surface area contributed by atoms with Gasteiger partial charge in [-0.05, 0) is 74.4 Å². The summed E-state index contributed by atoms with van der Waals surface area (Å²) >= 11 is 12.8. The van der Waals surface area contributed by atoms with Crippen LogP contribution in [-0.2, 0) is 30.3 Å². The molecule has 3 aliphatic heterocycles. The molecule has 1 N–H and O–H groups in total. The lowest BCUT2D eigenvalue weighted by atomic mass is 9.76. The molecule has 0 bridgehead atoms. The molecule has 7 nitrogen and oxygen atoms in total. The van der Waals surface area contributed by atoms with E-state index in [1.54, 1.807) is 11.0 Å². The van der Waals surface area contributed by atoms with Gasteiger partial charge >= 0.3 is 0 Å². The number of benzene rings is 3. The number of amides is 3. The number of carbonyl (C=O) groups is 3. The molecule has 3 aromatic carbocycles. The number of hydrogen-bond acceptors (Lipinski definition) is 4. The molecule has 3 fully saturated rings. The van der Waals surface area contributed by atoms with Crippen LogP contribution in [0.25, 0.3) is 0 Å². The van der Waals surface area contributed by atoms with E-state index in [4.69, 9.17) is 27.9 Å². The lowest BCUT2D eigenvalue weighted by Gasteiger charge is -2.50. The molecule has 3 amide bonds. The quantitative estimate of drug-likeness (QED) is 0.327. The molecule has 44 heavy (non-hydrogen) atoms. The fourth-order valence-corrected chi connectivity index (χ4v) is 7.43. The zero-order valence-electron chi connectivity index (χ0n) is 24.9. The van der Waals surface area contributed by atoms with Crippen LogP contribution in [0.4, 0.5) is 5.69 Å². The molecule has 0 aromatic heterocycles. The second kappa shape index (κ2) is 12.5. The van der Waals surface area contributed by atoms with Crippen LogP contribution >= 0.6 is 23.2 Å². The van der Waals surface area contributed by atoms with E-state index in [0.717, 1.165) is 35.2 Å². The summed E-state index contributed by atoms with van der Waals surface area (Å²) < 4.78 is 6.42. The molecule has 3 aliphatic rings. The van der Waals surface area contributed by atoms with E-state index < -0.39 is 11.1 Å². The van der Waals surface area contributed by atoms with E-state index in [-0.39, 0.29) is 43.2 Å². The standard InChI is InChI=1S/C35H37Cl2N3O4/c1-24-9-11-26(12-10-24)34(17-18-38-31(41)21-34)40-19-5-6-25(33(40)43)15-16-35(27-13-14-29(36)30(37)20-27)23-39(32(42)22-44-35)28-7-3-2-4-8-28/h2-4,7-14,20,25H,5-6,15-19,21-23H2,1H3,(H,38,41)/t25?,34?,35-/m0/s1. The highest BCUT2D eigenvalue weighted by Gasteiger charge is 2.49. The molecule has 9 heteroatoms. The van der Waals surface area contributed by atoms with Crippen molar-refractivity contribution in [3.8, 4) is 0 Å². The van der Waals surface area contributed by atoms with Crippen LogP contribution in [0, 0.1) is 12.8 Å². The van der Waals surface area contributed by atoms with Gasteiger partial charge in [0.25, 0.3) is 5.91 Å². The van der Waals surface area contributed by atoms with Crippen molar-refractivity contribution in [2.45, 2.75) is 56.6 Å². The number of para-hydroxylation sites is 1. The Morgan fingerprint density at radius 2 is 1.70 bits per heavy atom. The highest BCUT2D eigenvalue weighted by atomic mass is 35.5. The average Bonchev–Trinajstić information content (AvgIpc) is 3.03. The van der Waals surface area contributed by atoms with Crippen molar-refractivity contribution in [3.05, 3.63) is 99.5 Å².